The van der Waals surface area contributed by atoms with Gasteiger partial charge in [-0.3, -0.25) is 9.69 Å². The number of hydrogen-bond acceptors (Lipinski definition) is 8. The summed E-state index contributed by atoms with van der Waals surface area (Å²) in [6.45, 7) is 6.01. The third-order valence-electron chi connectivity index (χ3n) is 7.77. The molecular weight excluding hydrogens is 482 g/mol. The van der Waals surface area contributed by atoms with E-state index in [-0.39, 0.29) is 9.99 Å². The monoisotopic (exact) mass is 517 g/mol. The number of Topliss-reactive ketones (excluding diaryl/α,β-unsaturated/α-hetero) is 1. The average molecular weight is 518 g/mol. The van der Waals surface area contributed by atoms with E-state index in [4.69, 9.17) is 4.74 Å². The van der Waals surface area contributed by atoms with Crippen molar-refractivity contribution in [3.05, 3.63) is 34.8 Å². The molecule has 1 saturated carbocycles. The van der Waals surface area contributed by atoms with Crippen LogP contribution in [0.5, 0.6) is 5.75 Å². The van der Waals surface area contributed by atoms with Gasteiger partial charge in [0.05, 0.1) is 11.5 Å². The summed E-state index contributed by atoms with van der Waals surface area (Å²) in [5, 5.41) is 0. The Bertz CT molecular complexity index is 1150. The molecule has 35 heavy (non-hydrogen) atoms. The van der Waals surface area contributed by atoms with Crippen LogP contribution in [-0.2, 0) is 16.3 Å². The molecule has 1 aliphatic carbocycles. The Hall–Kier alpha value is -1.97. The first kappa shape index (κ1) is 24.7. The van der Waals surface area contributed by atoms with Crippen LogP contribution < -0.4 is 9.64 Å². The molecule has 0 spiro atoms. The number of pyridine rings is 1. The lowest BCUT2D eigenvalue weighted by Gasteiger charge is -2.37. The molecule has 0 amide bonds. The van der Waals surface area contributed by atoms with Crippen LogP contribution in [0.15, 0.2) is 28.6 Å². The SMILES string of the molecule is CS(=O)(=O)c1ccc(C(=O)CC2CCC(CCN3CCN(c4nccc5c4OCC5)CC3)CC2)s1. The van der Waals surface area contributed by atoms with Crippen LogP contribution in [0.2, 0.25) is 0 Å². The number of carbonyl (C=O) groups is 1. The summed E-state index contributed by atoms with van der Waals surface area (Å²) in [6.07, 6.45) is 10.4. The number of rotatable bonds is 8. The molecule has 2 fully saturated rings. The van der Waals surface area contributed by atoms with Gasteiger partial charge in [0, 0.05) is 57.0 Å². The summed E-state index contributed by atoms with van der Waals surface area (Å²) in [5.74, 6) is 3.27. The lowest BCUT2D eigenvalue weighted by Crippen LogP contribution is -2.47. The fourth-order valence-electron chi connectivity index (χ4n) is 5.62. The number of ketones is 1. The van der Waals surface area contributed by atoms with E-state index in [9.17, 15) is 13.2 Å². The highest BCUT2D eigenvalue weighted by Crippen LogP contribution is 2.36. The Morgan fingerprint density at radius 1 is 1.09 bits per heavy atom. The maximum absolute atomic E-state index is 12.7. The van der Waals surface area contributed by atoms with E-state index in [1.165, 1.54) is 31.1 Å². The minimum absolute atomic E-state index is 0.0927. The summed E-state index contributed by atoms with van der Waals surface area (Å²) in [5.41, 5.74) is 1.28. The summed E-state index contributed by atoms with van der Waals surface area (Å²) >= 11 is 1.11. The van der Waals surface area contributed by atoms with Crippen LogP contribution in [-0.4, -0.2) is 69.7 Å². The normalized spacial score (nSPS) is 23.2. The van der Waals surface area contributed by atoms with E-state index in [0.29, 0.717) is 17.2 Å². The summed E-state index contributed by atoms with van der Waals surface area (Å²) in [6, 6.07) is 5.30. The summed E-state index contributed by atoms with van der Waals surface area (Å²) in [4.78, 5) is 22.8. The Labute approximate surface area is 212 Å². The molecule has 1 saturated heterocycles. The summed E-state index contributed by atoms with van der Waals surface area (Å²) in [7, 11) is -3.24. The number of thiophene rings is 1. The van der Waals surface area contributed by atoms with Gasteiger partial charge < -0.3 is 9.64 Å². The number of ether oxygens (including phenoxy) is 1. The van der Waals surface area contributed by atoms with Gasteiger partial charge in [-0.1, -0.05) is 12.8 Å². The molecular formula is C26H35N3O4S2. The summed E-state index contributed by atoms with van der Waals surface area (Å²) < 4.78 is 29.5. The molecule has 9 heteroatoms. The third-order valence-corrected chi connectivity index (χ3v) is 10.7. The zero-order chi connectivity index (χ0) is 24.4. The first-order valence-corrected chi connectivity index (χ1v) is 15.5. The van der Waals surface area contributed by atoms with Crippen molar-refractivity contribution in [2.24, 2.45) is 11.8 Å². The van der Waals surface area contributed by atoms with Crippen molar-refractivity contribution >= 4 is 32.8 Å². The molecule has 0 N–H and O–H groups in total. The zero-order valence-electron chi connectivity index (χ0n) is 20.4. The molecule has 190 valence electrons. The molecule has 3 aliphatic rings. The van der Waals surface area contributed by atoms with Gasteiger partial charge in [-0.15, -0.1) is 11.3 Å². The molecule has 0 atom stereocenters. The predicted molar refractivity (Wildman–Crippen MR) is 139 cm³/mol. The van der Waals surface area contributed by atoms with Crippen LogP contribution in [0.25, 0.3) is 0 Å². The lowest BCUT2D eigenvalue weighted by molar-refractivity contribution is 0.0944. The highest BCUT2D eigenvalue weighted by atomic mass is 32.2. The number of fused-ring (bicyclic) bond motifs is 1. The van der Waals surface area contributed by atoms with E-state index in [1.807, 2.05) is 6.20 Å². The molecule has 2 aromatic heterocycles. The Morgan fingerprint density at radius 3 is 2.54 bits per heavy atom. The number of anilines is 1. The molecule has 2 aromatic rings. The van der Waals surface area contributed by atoms with Crippen LogP contribution in [0.4, 0.5) is 5.82 Å². The quantitative estimate of drug-likeness (QED) is 0.488. The molecule has 0 radical (unpaired) electrons. The highest BCUT2D eigenvalue weighted by Gasteiger charge is 2.27. The first-order valence-electron chi connectivity index (χ1n) is 12.8. The van der Waals surface area contributed by atoms with Gasteiger partial charge in [-0.05, 0) is 55.8 Å². The zero-order valence-corrected chi connectivity index (χ0v) is 22.1. The predicted octanol–water partition coefficient (Wildman–Crippen LogP) is 4.07. The van der Waals surface area contributed by atoms with Gasteiger partial charge in [0.15, 0.2) is 27.2 Å². The molecule has 7 nitrogen and oxygen atoms in total. The minimum atomic E-state index is -3.24. The molecule has 2 aliphatic heterocycles. The number of carbonyl (C=O) groups excluding carboxylic acids is 1. The molecule has 4 heterocycles. The van der Waals surface area contributed by atoms with Gasteiger partial charge in [-0.2, -0.15) is 0 Å². The number of nitrogens with zero attached hydrogens (tertiary/aromatic N) is 3. The van der Waals surface area contributed by atoms with Crippen molar-refractivity contribution < 1.29 is 17.9 Å². The smallest absolute Gasteiger partial charge is 0.184 e. The second-order valence-corrected chi connectivity index (χ2v) is 13.6. The van der Waals surface area contributed by atoms with Crippen molar-refractivity contribution in [3.63, 3.8) is 0 Å². The van der Waals surface area contributed by atoms with Gasteiger partial charge in [0.25, 0.3) is 0 Å². The second kappa shape index (κ2) is 10.6. The number of piperazine rings is 1. The average Bonchev–Trinajstić information content (AvgIpc) is 3.54. The van der Waals surface area contributed by atoms with Crippen molar-refractivity contribution in [1.29, 1.82) is 0 Å². The fourth-order valence-corrected chi connectivity index (χ4v) is 7.50. The third kappa shape index (κ3) is 5.89. The van der Waals surface area contributed by atoms with E-state index in [1.54, 1.807) is 12.1 Å². The second-order valence-electron chi connectivity index (χ2n) is 10.2. The maximum Gasteiger partial charge on any atom is 0.184 e. The van der Waals surface area contributed by atoms with E-state index < -0.39 is 9.84 Å². The van der Waals surface area contributed by atoms with Crippen LogP contribution in [0.3, 0.4) is 0 Å². The van der Waals surface area contributed by atoms with E-state index >= 15 is 0 Å². The lowest BCUT2D eigenvalue weighted by atomic mass is 9.78. The number of aromatic nitrogens is 1. The van der Waals surface area contributed by atoms with Gasteiger partial charge in [0.1, 0.15) is 4.21 Å². The van der Waals surface area contributed by atoms with Crippen LogP contribution in [0.1, 0.15) is 53.8 Å². The molecule has 0 bridgehead atoms. The van der Waals surface area contributed by atoms with E-state index in [2.05, 4.69) is 20.9 Å². The van der Waals surface area contributed by atoms with Gasteiger partial charge in [-0.25, -0.2) is 13.4 Å². The van der Waals surface area contributed by atoms with Gasteiger partial charge in [0.2, 0.25) is 0 Å². The topological polar surface area (TPSA) is 79.8 Å². The number of hydrogen-bond donors (Lipinski definition) is 0. The fraction of sp³-hybridized carbons (Fsp3) is 0.615. The standard InChI is InChI=1S/C26H35N3O4S2/c1-35(31,32)24-7-6-23(34-24)22(30)18-20-4-2-19(3-5-20)9-12-28-13-15-29(16-14-28)26-25-21(8-11-27-26)10-17-33-25/h6-8,11,19-20H,2-5,9-10,12-18H2,1H3. The largest absolute Gasteiger partial charge is 0.489 e. The highest BCUT2D eigenvalue weighted by molar-refractivity contribution is 7.92. The maximum atomic E-state index is 12.7. The molecule has 0 aromatic carbocycles. The van der Waals surface area contributed by atoms with Crippen molar-refractivity contribution in [2.45, 2.75) is 49.2 Å². The molecule has 5 rings (SSSR count). The molecule has 0 unspecified atom stereocenters. The van der Waals surface area contributed by atoms with Crippen molar-refractivity contribution in [1.82, 2.24) is 9.88 Å². The Balaban J connectivity index is 1.02. The minimum Gasteiger partial charge on any atom is -0.489 e. The Kier molecular flexibility index (Phi) is 7.46. The van der Waals surface area contributed by atoms with Crippen LogP contribution in [0, 0.1) is 11.8 Å². The van der Waals surface area contributed by atoms with Crippen LogP contribution >= 0.6 is 11.3 Å². The van der Waals surface area contributed by atoms with Gasteiger partial charge >= 0.3 is 0 Å². The van der Waals surface area contributed by atoms with E-state index in [0.717, 1.165) is 87.4 Å². The Morgan fingerprint density at radius 2 is 1.83 bits per heavy atom. The first-order chi connectivity index (χ1) is 16.9. The number of sulfone groups is 1. The van der Waals surface area contributed by atoms with Crippen molar-refractivity contribution in [2.75, 3.05) is 50.5 Å². The van der Waals surface area contributed by atoms with Crippen molar-refractivity contribution in [3.8, 4) is 5.75 Å².